The predicted octanol–water partition coefficient (Wildman–Crippen LogP) is 3.61. The smallest absolute Gasteiger partial charge is 0.258 e. The summed E-state index contributed by atoms with van der Waals surface area (Å²) in [5.74, 6) is 0.726. The average molecular weight is 404 g/mol. The Labute approximate surface area is 170 Å². The molecule has 30 heavy (non-hydrogen) atoms. The van der Waals surface area contributed by atoms with Crippen LogP contribution in [-0.2, 0) is 4.74 Å². The quantitative estimate of drug-likeness (QED) is 0.508. The van der Waals surface area contributed by atoms with Gasteiger partial charge in [0, 0.05) is 37.2 Å². The Bertz CT molecular complexity index is 1330. The zero-order valence-electron chi connectivity index (χ0n) is 16.2. The highest BCUT2D eigenvalue weighted by Crippen LogP contribution is 2.42. The van der Waals surface area contributed by atoms with E-state index in [0.29, 0.717) is 59.9 Å². The van der Waals surface area contributed by atoms with E-state index in [1.807, 2.05) is 12.1 Å². The number of oxazole rings is 1. The molecule has 2 aliphatic heterocycles. The number of halogens is 1. The number of amides is 1. The molecule has 2 aliphatic rings. The predicted molar refractivity (Wildman–Crippen MR) is 110 cm³/mol. The van der Waals surface area contributed by atoms with E-state index in [0.717, 1.165) is 16.9 Å². The van der Waals surface area contributed by atoms with E-state index in [-0.39, 0.29) is 11.7 Å². The number of pyridine rings is 1. The third kappa shape index (κ3) is 2.43. The lowest BCUT2D eigenvalue weighted by molar-refractivity contribution is 0.0999. The highest BCUT2D eigenvalue weighted by molar-refractivity contribution is 6.28. The molecule has 0 saturated carbocycles. The molecular formula is C22H17FN4O3. The number of ether oxygens (including phenoxy) is 1. The van der Waals surface area contributed by atoms with Gasteiger partial charge in [0.05, 0.1) is 24.5 Å². The first-order valence-corrected chi connectivity index (χ1v) is 9.75. The van der Waals surface area contributed by atoms with Gasteiger partial charge in [-0.25, -0.2) is 14.4 Å². The van der Waals surface area contributed by atoms with E-state index in [1.165, 1.54) is 12.1 Å². The van der Waals surface area contributed by atoms with Crippen molar-refractivity contribution in [3.63, 3.8) is 0 Å². The molecule has 4 aromatic rings. The van der Waals surface area contributed by atoms with E-state index in [2.05, 4.69) is 9.88 Å². The molecule has 150 valence electrons. The molecule has 0 atom stereocenters. The molecule has 4 heterocycles. The van der Waals surface area contributed by atoms with Gasteiger partial charge in [0.2, 0.25) is 5.89 Å². The monoisotopic (exact) mass is 404 g/mol. The summed E-state index contributed by atoms with van der Waals surface area (Å²) in [4.78, 5) is 26.2. The number of hydrogen-bond acceptors (Lipinski definition) is 6. The normalized spacial score (nSPS) is 16.3. The molecule has 0 radical (unpaired) electrons. The van der Waals surface area contributed by atoms with Gasteiger partial charge in [0.15, 0.2) is 5.58 Å². The molecule has 2 aromatic carbocycles. The van der Waals surface area contributed by atoms with Crippen molar-refractivity contribution in [1.82, 2.24) is 9.97 Å². The fraction of sp³-hybridized carbons (Fsp3) is 0.227. The Hall–Kier alpha value is -3.52. The Balaban J connectivity index is 1.61. The van der Waals surface area contributed by atoms with Crippen molar-refractivity contribution >= 4 is 39.4 Å². The van der Waals surface area contributed by atoms with Crippen molar-refractivity contribution in [2.45, 2.75) is 0 Å². The Morgan fingerprint density at radius 1 is 1.03 bits per heavy atom. The van der Waals surface area contributed by atoms with Gasteiger partial charge in [-0.15, -0.1) is 0 Å². The van der Waals surface area contributed by atoms with Crippen molar-refractivity contribution in [3.8, 4) is 11.5 Å². The number of aromatic nitrogens is 2. The Morgan fingerprint density at radius 2 is 1.80 bits per heavy atom. The molecule has 8 heteroatoms. The molecule has 2 aromatic heterocycles. The van der Waals surface area contributed by atoms with Gasteiger partial charge in [0.25, 0.3) is 5.91 Å². The molecule has 1 saturated heterocycles. The van der Waals surface area contributed by atoms with Crippen LogP contribution in [0.2, 0.25) is 0 Å². The number of carbonyl (C=O) groups excluding carboxylic acids is 1. The molecule has 1 amide bonds. The molecule has 6 rings (SSSR count). The van der Waals surface area contributed by atoms with Crippen LogP contribution < -0.4 is 9.80 Å². The highest BCUT2D eigenvalue weighted by atomic mass is 19.1. The van der Waals surface area contributed by atoms with Crippen LogP contribution in [-0.4, -0.2) is 49.2 Å². The van der Waals surface area contributed by atoms with Gasteiger partial charge < -0.3 is 19.0 Å². The van der Waals surface area contributed by atoms with Crippen LogP contribution in [0.25, 0.3) is 33.5 Å². The van der Waals surface area contributed by atoms with Gasteiger partial charge >= 0.3 is 0 Å². The molecule has 0 bridgehead atoms. The molecule has 0 aliphatic carbocycles. The first-order valence-electron chi connectivity index (χ1n) is 9.75. The summed E-state index contributed by atoms with van der Waals surface area (Å²) in [6, 6.07) is 9.68. The van der Waals surface area contributed by atoms with Gasteiger partial charge in [-0.1, -0.05) is 0 Å². The maximum absolute atomic E-state index is 13.3. The minimum atomic E-state index is -0.321. The second kappa shape index (κ2) is 6.24. The second-order valence-corrected chi connectivity index (χ2v) is 7.48. The lowest BCUT2D eigenvalue weighted by atomic mass is 10.1. The average Bonchev–Trinajstić information content (AvgIpc) is 3.31. The maximum atomic E-state index is 13.3. The molecule has 0 N–H and O–H groups in total. The van der Waals surface area contributed by atoms with Crippen LogP contribution in [0.4, 0.5) is 15.9 Å². The number of carbonyl (C=O) groups is 1. The standard InChI is InChI=1S/C22H17FN4O3/c1-26-15-11-16-19(25-21(30-16)12-2-4-13(23)5-3-12)20-18(15)14(22(26)28)10-17(24-20)27-6-8-29-9-7-27/h2-5,10-11H,6-9H2,1H3. The van der Waals surface area contributed by atoms with Crippen LogP contribution in [0.15, 0.2) is 40.8 Å². The molecule has 0 spiro atoms. The van der Waals surface area contributed by atoms with Crippen molar-refractivity contribution < 1.29 is 18.3 Å². The fourth-order valence-electron chi connectivity index (χ4n) is 4.15. The summed E-state index contributed by atoms with van der Waals surface area (Å²) in [6.45, 7) is 2.67. The SMILES string of the molecule is CN1C(=O)c2cc(N3CCOCC3)nc3c2c1cc1oc(-c2ccc(F)cc2)nc13. The van der Waals surface area contributed by atoms with Gasteiger partial charge in [-0.05, 0) is 30.3 Å². The topological polar surface area (TPSA) is 71.7 Å². The van der Waals surface area contributed by atoms with E-state index in [4.69, 9.17) is 14.1 Å². The lowest BCUT2D eigenvalue weighted by Crippen LogP contribution is -2.36. The number of rotatable bonds is 2. The van der Waals surface area contributed by atoms with Crippen molar-refractivity contribution in [1.29, 1.82) is 0 Å². The second-order valence-electron chi connectivity index (χ2n) is 7.48. The van der Waals surface area contributed by atoms with Crippen LogP contribution in [0, 0.1) is 5.82 Å². The van der Waals surface area contributed by atoms with Gasteiger partial charge in [-0.2, -0.15) is 0 Å². The Kier molecular flexibility index (Phi) is 3.61. The first kappa shape index (κ1) is 17.3. The minimum Gasteiger partial charge on any atom is -0.436 e. The van der Waals surface area contributed by atoms with Crippen molar-refractivity contribution in [2.24, 2.45) is 0 Å². The number of morpholine rings is 1. The number of benzene rings is 2. The number of fused-ring (bicyclic) bond motifs is 2. The number of nitrogens with zero attached hydrogens (tertiary/aromatic N) is 4. The summed E-state index contributed by atoms with van der Waals surface area (Å²) < 4.78 is 24.7. The summed E-state index contributed by atoms with van der Waals surface area (Å²) >= 11 is 0. The number of hydrogen-bond donors (Lipinski definition) is 0. The number of anilines is 2. The molecule has 7 nitrogen and oxygen atoms in total. The third-order valence-corrected chi connectivity index (χ3v) is 5.73. The van der Waals surface area contributed by atoms with Gasteiger partial charge in [-0.3, -0.25) is 4.79 Å². The molecule has 0 unspecified atom stereocenters. The van der Waals surface area contributed by atoms with Crippen LogP contribution in [0.3, 0.4) is 0 Å². The van der Waals surface area contributed by atoms with Crippen LogP contribution in [0.5, 0.6) is 0 Å². The third-order valence-electron chi connectivity index (χ3n) is 5.73. The summed E-state index contributed by atoms with van der Waals surface area (Å²) in [6.07, 6.45) is 0. The van der Waals surface area contributed by atoms with Crippen molar-refractivity contribution in [2.75, 3.05) is 43.2 Å². The van der Waals surface area contributed by atoms with E-state index in [1.54, 1.807) is 24.1 Å². The molecule has 1 fully saturated rings. The van der Waals surface area contributed by atoms with Crippen LogP contribution >= 0.6 is 0 Å². The maximum Gasteiger partial charge on any atom is 0.258 e. The molecular weight excluding hydrogens is 387 g/mol. The summed E-state index contributed by atoms with van der Waals surface area (Å²) in [5, 5.41) is 0.783. The summed E-state index contributed by atoms with van der Waals surface area (Å²) in [5.41, 5.74) is 3.81. The van der Waals surface area contributed by atoms with Crippen molar-refractivity contribution in [3.05, 3.63) is 47.8 Å². The minimum absolute atomic E-state index is 0.0710. The zero-order valence-corrected chi connectivity index (χ0v) is 16.2. The van der Waals surface area contributed by atoms with E-state index < -0.39 is 0 Å². The highest BCUT2D eigenvalue weighted by Gasteiger charge is 2.32. The lowest BCUT2D eigenvalue weighted by Gasteiger charge is -2.28. The van der Waals surface area contributed by atoms with E-state index >= 15 is 0 Å². The summed E-state index contributed by atoms with van der Waals surface area (Å²) in [7, 11) is 1.74. The van der Waals surface area contributed by atoms with Gasteiger partial charge in [0.1, 0.15) is 22.7 Å². The first-order chi connectivity index (χ1) is 14.6. The Morgan fingerprint density at radius 3 is 2.57 bits per heavy atom. The largest absolute Gasteiger partial charge is 0.436 e. The zero-order chi connectivity index (χ0) is 20.4. The van der Waals surface area contributed by atoms with Crippen LogP contribution in [0.1, 0.15) is 10.4 Å². The fourth-order valence-corrected chi connectivity index (χ4v) is 4.15. The van der Waals surface area contributed by atoms with E-state index in [9.17, 15) is 9.18 Å².